The van der Waals surface area contributed by atoms with Crippen molar-refractivity contribution in [2.45, 2.75) is 19.8 Å². The van der Waals surface area contributed by atoms with E-state index in [9.17, 15) is 8.78 Å². The van der Waals surface area contributed by atoms with Crippen molar-refractivity contribution in [2.75, 3.05) is 0 Å². The molecule has 0 aliphatic heterocycles. The van der Waals surface area contributed by atoms with E-state index in [0.29, 0.717) is 18.4 Å². The SMILES string of the molecule is Cc1ccc(C#Cc2ccc(C3=CC=C(F)CC3)cc2)c(F)c1. The van der Waals surface area contributed by atoms with Crippen LogP contribution in [-0.2, 0) is 0 Å². The van der Waals surface area contributed by atoms with Gasteiger partial charge in [-0.05, 0) is 60.4 Å². The van der Waals surface area contributed by atoms with Crippen molar-refractivity contribution in [2.24, 2.45) is 0 Å². The fourth-order valence-corrected chi connectivity index (χ4v) is 2.48. The van der Waals surface area contributed by atoms with Gasteiger partial charge < -0.3 is 0 Å². The molecule has 0 bridgehead atoms. The van der Waals surface area contributed by atoms with Gasteiger partial charge in [-0.25, -0.2) is 8.78 Å². The first-order valence-electron chi connectivity index (χ1n) is 7.56. The van der Waals surface area contributed by atoms with Crippen molar-refractivity contribution < 1.29 is 8.78 Å². The van der Waals surface area contributed by atoms with Gasteiger partial charge in [0.05, 0.1) is 5.56 Å². The Morgan fingerprint density at radius 2 is 1.65 bits per heavy atom. The minimum Gasteiger partial charge on any atom is -0.212 e. The van der Waals surface area contributed by atoms with E-state index < -0.39 is 0 Å². The van der Waals surface area contributed by atoms with Crippen molar-refractivity contribution in [3.63, 3.8) is 0 Å². The molecule has 1 aliphatic rings. The second kappa shape index (κ2) is 6.62. The molecule has 0 saturated carbocycles. The van der Waals surface area contributed by atoms with Crippen LogP contribution in [0.4, 0.5) is 8.78 Å². The van der Waals surface area contributed by atoms with Crippen LogP contribution < -0.4 is 0 Å². The summed E-state index contributed by atoms with van der Waals surface area (Å²) in [4.78, 5) is 0. The third-order valence-corrected chi connectivity index (χ3v) is 3.82. The summed E-state index contributed by atoms with van der Waals surface area (Å²) in [7, 11) is 0. The molecule has 0 N–H and O–H groups in total. The van der Waals surface area contributed by atoms with Gasteiger partial charge >= 0.3 is 0 Å². The van der Waals surface area contributed by atoms with Gasteiger partial charge in [-0.2, -0.15) is 0 Å². The molecule has 114 valence electrons. The van der Waals surface area contributed by atoms with Gasteiger partial charge in [0.2, 0.25) is 0 Å². The van der Waals surface area contributed by atoms with Crippen LogP contribution in [0.1, 0.15) is 35.1 Å². The van der Waals surface area contributed by atoms with Crippen LogP contribution in [0.15, 0.2) is 60.4 Å². The summed E-state index contributed by atoms with van der Waals surface area (Å²) in [5.41, 5.74) is 4.29. The van der Waals surface area contributed by atoms with Crippen LogP contribution in [-0.4, -0.2) is 0 Å². The highest BCUT2D eigenvalue weighted by atomic mass is 19.1. The van der Waals surface area contributed by atoms with Gasteiger partial charge in [-0.1, -0.05) is 36.1 Å². The second-order valence-corrected chi connectivity index (χ2v) is 5.62. The van der Waals surface area contributed by atoms with Crippen LogP contribution in [0.2, 0.25) is 0 Å². The number of allylic oxidation sites excluding steroid dienone is 4. The van der Waals surface area contributed by atoms with Gasteiger partial charge in [-0.3, -0.25) is 0 Å². The largest absolute Gasteiger partial charge is 0.212 e. The average molecular weight is 306 g/mol. The Kier molecular flexibility index (Phi) is 4.39. The number of rotatable bonds is 1. The molecule has 2 aromatic rings. The van der Waals surface area contributed by atoms with Crippen molar-refractivity contribution in [3.05, 3.63) is 88.5 Å². The number of benzene rings is 2. The van der Waals surface area contributed by atoms with Crippen molar-refractivity contribution >= 4 is 5.57 Å². The molecule has 0 heterocycles. The fourth-order valence-electron chi connectivity index (χ4n) is 2.48. The molecule has 3 rings (SSSR count). The molecule has 0 saturated heterocycles. The van der Waals surface area contributed by atoms with E-state index in [-0.39, 0.29) is 11.6 Å². The van der Waals surface area contributed by atoms with Gasteiger partial charge in [-0.15, -0.1) is 0 Å². The van der Waals surface area contributed by atoms with Crippen molar-refractivity contribution in [3.8, 4) is 11.8 Å². The van der Waals surface area contributed by atoms with Crippen LogP contribution in [0.3, 0.4) is 0 Å². The molecule has 0 radical (unpaired) electrons. The second-order valence-electron chi connectivity index (χ2n) is 5.62. The maximum Gasteiger partial charge on any atom is 0.139 e. The summed E-state index contributed by atoms with van der Waals surface area (Å²) in [5.74, 6) is 5.47. The third kappa shape index (κ3) is 3.76. The monoisotopic (exact) mass is 306 g/mol. The number of hydrogen-bond acceptors (Lipinski definition) is 0. The smallest absolute Gasteiger partial charge is 0.139 e. The van der Waals surface area contributed by atoms with E-state index in [1.165, 1.54) is 12.1 Å². The lowest BCUT2D eigenvalue weighted by Gasteiger charge is -2.10. The van der Waals surface area contributed by atoms with Gasteiger partial charge in [0, 0.05) is 12.0 Å². The van der Waals surface area contributed by atoms with Crippen LogP contribution in [0.25, 0.3) is 5.57 Å². The average Bonchev–Trinajstić information content (AvgIpc) is 2.55. The molecule has 1 aliphatic carbocycles. The molecule has 0 spiro atoms. The Hall–Kier alpha value is -2.66. The summed E-state index contributed by atoms with van der Waals surface area (Å²) in [6, 6.07) is 12.8. The molecular formula is C21H16F2. The predicted molar refractivity (Wildman–Crippen MR) is 90.0 cm³/mol. The topological polar surface area (TPSA) is 0 Å². The normalized spacial score (nSPS) is 13.7. The van der Waals surface area contributed by atoms with E-state index >= 15 is 0 Å². The lowest BCUT2D eigenvalue weighted by molar-refractivity contribution is 0.590. The fraction of sp³-hybridized carbons (Fsp3) is 0.143. The first-order valence-corrected chi connectivity index (χ1v) is 7.56. The van der Waals surface area contributed by atoms with E-state index in [1.807, 2.05) is 43.3 Å². The molecule has 0 aromatic heterocycles. The van der Waals surface area contributed by atoms with Crippen molar-refractivity contribution in [1.82, 2.24) is 0 Å². The van der Waals surface area contributed by atoms with E-state index in [1.54, 1.807) is 6.07 Å². The Labute approximate surface area is 135 Å². The molecule has 0 nitrogen and oxygen atoms in total. The van der Waals surface area contributed by atoms with Gasteiger partial charge in [0.15, 0.2) is 0 Å². The molecule has 0 amide bonds. The summed E-state index contributed by atoms with van der Waals surface area (Å²) in [5, 5.41) is 0. The minimum absolute atomic E-state index is 0.0728. The summed E-state index contributed by atoms with van der Waals surface area (Å²) < 4.78 is 26.8. The predicted octanol–water partition coefficient (Wildman–Crippen LogP) is 5.56. The van der Waals surface area contributed by atoms with E-state index in [4.69, 9.17) is 0 Å². The first kappa shape index (κ1) is 15.2. The summed E-state index contributed by atoms with van der Waals surface area (Å²) in [6.07, 6.45) is 4.51. The number of aryl methyl sites for hydroxylation is 1. The highest BCUT2D eigenvalue weighted by Gasteiger charge is 2.07. The van der Waals surface area contributed by atoms with Gasteiger partial charge in [0.25, 0.3) is 0 Å². The Morgan fingerprint density at radius 1 is 0.870 bits per heavy atom. The highest BCUT2D eigenvalue weighted by molar-refractivity contribution is 5.69. The molecule has 23 heavy (non-hydrogen) atoms. The van der Waals surface area contributed by atoms with E-state index in [2.05, 4.69) is 11.8 Å². The Morgan fingerprint density at radius 3 is 2.30 bits per heavy atom. The molecule has 0 unspecified atom stereocenters. The van der Waals surface area contributed by atoms with E-state index in [0.717, 1.165) is 22.3 Å². The Balaban J connectivity index is 1.80. The third-order valence-electron chi connectivity index (χ3n) is 3.82. The van der Waals surface area contributed by atoms with Gasteiger partial charge in [0.1, 0.15) is 11.6 Å². The standard InChI is InChI=1S/C21H16F2/c1-15-2-6-19(21(23)14-15)9-5-16-3-7-17(8-4-16)18-10-12-20(22)13-11-18/h2-4,6-8,10,12,14H,11,13H2,1H3. The molecule has 2 aromatic carbocycles. The molecule has 2 heteroatoms. The number of hydrogen-bond donors (Lipinski definition) is 0. The maximum absolute atomic E-state index is 13.7. The first-order chi connectivity index (χ1) is 11.1. The van der Waals surface area contributed by atoms with Crippen LogP contribution in [0, 0.1) is 24.6 Å². The van der Waals surface area contributed by atoms with Crippen LogP contribution >= 0.6 is 0 Å². The lowest BCUT2D eigenvalue weighted by atomic mass is 9.96. The quantitative estimate of drug-likeness (QED) is 0.605. The Bertz CT molecular complexity index is 844. The highest BCUT2D eigenvalue weighted by Crippen LogP contribution is 2.27. The zero-order valence-corrected chi connectivity index (χ0v) is 12.9. The molecular weight excluding hydrogens is 290 g/mol. The molecule has 0 atom stereocenters. The van der Waals surface area contributed by atoms with Crippen molar-refractivity contribution in [1.29, 1.82) is 0 Å². The molecule has 0 fully saturated rings. The zero-order chi connectivity index (χ0) is 16.2. The number of halogens is 2. The minimum atomic E-state index is -0.296. The summed E-state index contributed by atoms with van der Waals surface area (Å²) in [6.45, 7) is 1.85. The maximum atomic E-state index is 13.7. The van der Waals surface area contributed by atoms with Crippen LogP contribution in [0.5, 0.6) is 0 Å². The summed E-state index contributed by atoms with van der Waals surface area (Å²) >= 11 is 0. The zero-order valence-electron chi connectivity index (χ0n) is 12.9. The lowest BCUT2D eigenvalue weighted by Crippen LogP contribution is -1.90.